The average Bonchev–Trinajstić information content (AvgIpc) is 2.46. The number of nitriles is 1. The molecule has 84 valence electrons. The summed E-state index contributed by atoms with van der Waals surface area (Å²) in [6.45, 7) is -1.51. The van der Waals surface area contributed by atoms with E-state index in [-0.39, 0.29) is 13.0 Å². The van der Waals surface area contributed by atoms with Gasteiger partial charge in [0.2, 0.25) is 5.91 Å². The van der Waals surface area contributed by atoms with Crippen molar-refractivity contribution >= 4 is 5.91 Å². The zero-order valence-corrected chi connectivity index (χ0v) is 7.59. The maximum atomic E-state index is 12.6. The number of carbonyl (C=O) groups excluding carboxylic acids is 1. The van der Waals surface area contributed by atoms with E-state index in [0.717, 1.165) is 0 Å². The zero-order valence-electron chi connectivity index (χ0n) is 7.59. The van der Waals surface area contributed by atoms with E-state index < -0.39 is 30.7 Å². The molecule has 0 N–H and O–H groups in total. The molecule has 3 nitrogen and oxygen atoms in total. The molecule has 0 spiro atoms. The van der Waals surface area contributed by atoms with E-state index in [1.807, 2.05) is 0 Å². The van der Waals surface area contributed by atoms with Gasteiger partial charge in [-0.05, 0) is 0 Å². The lowest BCUT2D eigenvalue weighted by molar-refractivity contribution is -0.153. The van der Waals surface area contributed by atoms with E-state index >= 15 is 0 Å². The summed E-state index contributed by atoms with van der Waals surface area (Å²) in [5.41, 5.74) is 0. The highest BCUT2D eigenvalue weighted by molar-refractivity contribution is 5.79. The quantitative estimate of drug-likeness (QED) is 0.677. The summed E-state index contributed by atoms with van der Waals surface area (Å²) in [6, 6.07) is 1.74. The Labute approximate surface area is 83.3 Å². The minimum Gasteiger partial charge on any atom is -0.335 e. The highest BCUT2D eigenvalue weighted by Gasteiger charge is 2.45. The van der Waals surface area contributed by atoms with Gasteiger partial charge in [0.05, 0.1) is 18.5 Å². The Morgan fingerprint density at radius 3 is 2.60 bits per heavy atom. The highest BCUT2D eigenvalue weighted by atomic mass is 19.3. The zero-order chi connectivity index (χ0) is 11.6. The maximum absolute atomic E-state index is 12.6. The first-order valence-corrected chi connectivity index (χ1v) is 4.20. The Balaban J connectivity index is 2.61. The van der Waals surface area contributed by atoms with Crippen molar-refractivity contribution in [3.05, 3.63) is 0 Å². The Kier molecular flexibility index (Phi) is 3.17. The number of halogens is 4. The van der Waals surface area contributed by atoms with Crippen LogP contribution in [0.5, 0.6) is 0 Å². The van der Waals surface area contributed by atoms with Gasteiger partial charge < -0.3 is 4.90 Å². The van der Waals surface area contributed by atoms with Crippen molar-refractivity contribution < 1.29 is 22.4 Å². The number of rotatable bonds is 3. The number of amides is 1. The molecular weight excluding hydrogens is 216 g/mol. The molecular formula is C8H8F4N2O. The molecule has 1 heterocycles. The second-order valence-electron chi connectivity index (χ2n) is 3.37. The fourth-order valence-corrected chi connectivity index (χ4v) is 1.33. The van der Waals surface area contributed by atoms with E-state index in [9.17, 15) is 22.4 Å². The standard InChI is InChI=1S/C8H8F4N2O/c9-7(10)8(11,12)4-14-3-5(2-13)1-6(14)15/h5,7H,1,3-4H2. The Morgan fingerprint density at radius 2 is 2.20 bits per heavy atom. The van der Waals surface area contributed by atoms with Crippen molar-refractivity contribution in [3.8, 4) is 6.07 Å². The summed E-state index contributed by atoms with van der Waals surface area (Å²) in [5.74, 6) is -5.56. The van der Waals surface area contributed by atoms with Crippen molar-refractivity contribution in [1.29, 1.82) is 5.26 Å². The first-order valence-electron chi connectivity index (χ1n) is 4.20. The highest BCUT2D eigenvalue weighted by Crippen LogP contribution is 2.27. The van der Waals surface area contributed by atoms with Crippen LogP contribution in [0.3, 0.4) is 0 Å². The minimum atomic E-state index is -4.21. The molecule has 1 fully saturated rings. The fourth-order valence-electron chi connectivity index (χ4n) is 1.33. The van der Waals surface area contributed by atoms with Gasteiger partial charge in [-0.3, -0.25) is 4.79 Å². The molecule has 0 bridgehead atoms. The average molecular weight is 224 g/mol. The van der Waals surface area contributed by atoms with Crippen molar-refractivity contribution in [2.24, 2.45) is 5.92 Å². The van der Waals surface area contributed by atoms with E-state index in [1.54, 1.807) is 6.07 Å². The normalized spacial score (nSPS) is 22.3. The topological polar surface area (TPSA) is 44.1 Å². The lowest BCUT2D eigenvalue weighted by Gasteiger charge is -2.22. The third-order valence-electron chi connectivity index (χ3n) is 2.12. The summed E-state index contributed by atoms with van der Waals surface area (Å²) in [7, 11) is 0. The molecule has 0 saturated carbocycles. The van der Waals surface area contributed by atoms with Crippen molar-refractivity contribution in [2.75, 3.05) is 13.1 Å². The summed E-state index contributed by atoms with van der Waals surface area (Å²) in [4.78, 5) is 11.7. The van der Waals surface area contributed by atoms with Crippen LogP contribution in [0.2, 0.25) is 0 Å². The van der Waals surface area contributed by atoms with Crippen molar-refractivity contribution in [1.82, 2.24) is 4.90 Å². The summed E-state index contributed by atoms with van der Waals surface area (Å²) in [6.07, 6.45) is -3.97. The predicted octanol–water partition coefficient (Wildman–Crippen LogP) is 1.26. The van der Waals surface area contributed by atoms with Crippen LogP contribution in [0.1, 0.15) is 6.42 Å². The van der Waals surface area contributed by atoms with Crippen molar-refractivity contribution in [3.63, 3.8) is 0 Å². The van der Waals surface area contributed by atoms with Crippen LogP contribution in [0.4, 0.5) is 17.6 Å². The Morgan fingerprint density at radius 1 is 1.60 bits per heavy atom. The number of hydrogen-bond acceptors (Lipinski definition) is 2. The van der Waals surface area contributed by atoms with Gasteiger partial charge >= 0.3 is 12.3 Å². The molecule has 0 aromatic rings. The second-order valence-corrected chi connectivity index (χ2v) is 3.37. The smallest absolute Gasteiger partial charge is 0.324 e. The van der Waals surface area contributed by atoms with Crippen LogP contribution in [0, 0.1) is 17.2 Å². The molecule has 0 aromatic heterocycles. The summed E-state index contributed by atoms with van der Waals surface area (Å²) in [5, 5.41) is 8.44. The molecule has 7 heteroatoms. The third-order valence-corrected chi connectivity index (χ3v) is 2.12. The van der Waals surface area contributed by atoms with Gasteiger partial charge in [-0.25, -0.2) is 8.78 Å². The third kappa shape index (κ3) is 2.58. The molecule has 15 heavy (non-hydrogen) atoms. The Bertz CT molecular complexity index is 300. The molecule has 0 aliphatic carbocycles. The van der Waals surface area contributed by atoms with Crippen LogP contribution in [0.15, 0.2) is 0 Å². The minimum absolute atomic E-state index is 0.171. The van der Waals surface area contributed by atoms with Gasteiger partial charge in [0, 0.05) is 13.0 Å². The number of alkyl halides is 4. The molecule has 1 amide bonds. The molecule has 1 aliphatic heterocycles. The van der Waals surface area contributed by atoms with Crippen molar-refractivity contribution in [2.45, 2.75) is 18.8 Å². The van der Waals surface area contributed by atoms with Crippen LogP contribution < -0.4 is 0 Å². The van der Waals surface area contributed by atoms with Gasteiger partial charge in [-0.1, -0.05) is 0 Å². The number of carbonyl (C=O) groups is 1. The monoisotopic (exact) mass is 224 g/mol. The van der Waals surface area contributed by atoms with Gasteiger partial charge in [0.15, 0.2) is 0 Å². The first-order chi connectivity index (χ1) is 6.86. The van der Waals surface area contributed by atoms with Crippen LogP contribution >= 0.6 is 0 Å². The van der Waals surface area contributed by atoms with E-state index in [1.165, 1.54) is 0 Å². The van der Waals surface area contributed by atoms with Crippen LogP contribution in [-0.2, 0) is 4.79 Å². The molecule has 1 unspecified atom stereocenters. The van der Waals surface area contributed by atoms with E-state index in [0.29, 0.717) is 4.90 Å². The lowest BCUT2D eigenvalue weighted by Crippen LogP contribution is -2.42. The molecule has 0 radical (unpaired) electrons. The second kappa shape index (κ2) is 4.04. The van der Waals surface area contributed by atoms with Gasteiger partial charge in [0.25, 0.3) is 0 Å². The van der Waals surface area contributed by atoms with Crippen LogP contribution in [0.25, 0.3) is 0 Å². The Hall–Kier alpha value is -1.32. The van der Waals surface area contributed by atoms with Gasteiger partial charge in [0.1, 0.15) is 0 Å². The largest absolute Gasteiger partial charge is 0.335 e. The molecule has 1 saturated heterocycles. The maximum Gasteiger partial charge on any atom is 0.324 e. The molecule has 0 aromatic carbocycles. The van der Waals surface area contributed by atoms with Gasteiger partial charge in [-0.2, -0.15) is 14.0 Å². The summed E-state index contributed by atoms with van der Waals surface area (Å²) >= 11 is 0. The first kappa shape index (κ1) is 11.8. The van der Waals surface area contributed by atoms with Crippen LogP contribution in [-0.4, -0.2) is 36.2 Å². The number of nitrogens with zero attached hydrogens (tertiary/aromatic N) is 2. The van der Waals surface area contributed by atoms with E-state index in [4.69, 9.17) is 5.26 Å². The number of hydrogen-bond donors (Lipinski definition) is 0. The van der Waals surface area contributed by atoms with E-state index in [2.05, 4.69) is 0 Å². The molecule has 1 rings (SSSR count). The predicted molar refractivity (Wildman–Crippen MR) is 41.3 cm³/mol. The lowest BCUT2D eigenvalue weighted by atomic mass is 10.1. The summed E-state index contributed by atoms with van der Waals surface area (Å²) < 4.78 is 48.8. The SMILES string of the molecule is N#CC1CC(=O)N(CC(F)(F)C(F)F)C1. The number of likely N-dealkylation sites (tertiary alicyclic amines) is 1. The molecule has 1 aliphatic rings. The van der Waals surface area contributed by atoms with Gasteiger partial charge in [-0.15, -0.1) is 0 Å². The fraction of sp³-hybridized carbons (Fsp3) is 0.750. The molecule has 1 atom stereocenters.